The molecule has 0 aliphatic carbocycles. The fourth-order valence-electron chi connectivity index (χ4n) is 3.39. The van der Waals surface area contributed by atoms with Gasteiger partial charge < -0.3 is 20.3 Å². The predicted molar refractivity (Wildman–Crippen MR) is 133 cm³/mol. The molecule has 0 bridgehead atoms. The molecule has 170 valence electrons. The molecule has 2 aromatic rings. The van der Waals surface area contributed by atoms with Gasteiger partial charge in [-0.05, 0) is 31.0 Å². The van der Waals surface area contributed by atoms with E-state index < -0.39 is 0 Å². The van der Waals surface area contributed by atoms with Gasteiger partial charge in [0, 0.05) is 44.0 Å². The third-order valence-electron chi connectivity index (χ3n) is 4.93. The molecule has 1 saturated heterocycles. The minimum Gasteiger partial charge on any atom is -0.370 e. The zero-order valence-electron chi connectivity index (χ0n) is 18.5. The number of halogens is 1. The first-order valence-electron chi connectivity index (χ1n) is 10.6. The molecular formula is C22H33IN6O2. The lowest BCUT2D eigenvalue weighted by molar-refractivity contribution is -0.00805. The smallest absolute Gasteiger partial charge is 0.251 e. The number of hydrogen-bond acceptors (Lipinski definition) is 4. The third kappa shape index (κ3) is 7.20. The Morgan fingerprint density at radius 1 is 1.32 bits per heavy atom. The van der Waals surface area contributed by atoms with Crippen LogP contribution in [0.5, 0.6) is 0 Å². The van der Waals surface area contributed by atoms with Gasteiger partial charge >= 0.3 is 0 Å². The number of benzene rings is 1. The van der Waals surface area contributed by atoms with E-state index in [1.165, 1.54) is 0 Å². The van der Waals surface area contributed by atoms with Crippen LogP contribution < -0.4 is 10.6 Å². The molecule has 1 aromatic carbocycles. The summed E-state index contributed by atoms with van der Waals surface area (Å²) in [5, 5.41) is 10.6. The highest BCUT2D eigenvalue weighted by atomic mass is 127. The molecule has 2 heterocycles. The summed E-state index contributed by atoms with van der Waals surface area (Å²) >= 11 is 0. The average Bonchev–Trinajstić information content (AvgIpc) is 3.21. The van der Waals surface area contributed by atoms with Crippen LogP contribution in [0, 0.1) is 0 Å². The number of hydrogen-bond donors (Lipinski definition) is 2. The Morgan fingerprint density at radius 3 is 2.87 bits per heavy atom. The Morgan fingerprint density at radius 2 is 2.16 bits per heavy atom. The molecule has 1 amide bonds. The number of carbonyl (C=O) groups is 1. The summed E-state index contributed by atoms with van der Waals surface area (Å²) in [6.45, 7) is 8.21. The summed E-state index contributed by atoms with van der Waals surface area (Å²) in [6.07, 6.45) is 4.74. The van der Waals surface area contributed by atoms with Crippen molar-refractivity contribution in [1.29, 1.82) is 0 Å². The van der Waals surface area contributed by atoms with Crippen LogP contribution in [0.3, 0.4) is 0 Å². The van der Waals surface area contributed by atoms with Crippen molar-refractivity contribution in [2.24, 2.45) is 12.0 Å². The molecule has 0 radical (unpaired) electrons. The van der Waals surface area contributed by atoms with E-state index in [9.17, 15) is 4.79 Å². The predicted octanol–water partition coefficient (Wildman–Crippen LogP) is 2.72. The van der Waals surface area contributed by atoms with Crippen LogP contribution in [0.2, 0.25) is 0 Å². The Balaban J connectivity index is 0.00000341. The van der Waals surface area contributed by atoms with Crippen molar-refractivity contribution in [3.05, 3.63) is 53.3 Å². The summed E-state index contributed by atoms with van der Waals surface area (Å²) in [5.41, 5.74) is 2.75. The molecule has 1 atom stereocenters. The van der Waals surface area contributed by atoms with E-state index in [0.29, 0.717) is 25.3 Å². The lowest BCUT2D eigenvalue weighted by Crippen LogP contribution is -2.48. The topological polar surface area (TPSA) is 83.8 Å². The first kappa shape index (κ1) is 25.1. The maximum atomic E-state index is 12.2. The fraction of sp³-hybridized carbons (Fsp3) is 0.500. The zero-order chi connectivity index (χ0) is 21.3. The van der Waals surface area contributed by atoms with Gasteiger partial charge in [0.25, 0.3) is 5.91 Å². The molecule has 1 aromatic heterocycles. The maximum Gasteiger partial charge on any atom is 0.251 e. The monoisotopic (exact) mass is 540 g/mol. The van der Waals surface area contributed by atoms with Crippen LogP contribution >= 0.6 is 24.0 Å². The zero-order valence-corrected chi connectivity index (χ0v) is 20.8. The molecule has 1 unspecified atom stereocenters. The largest absolute Gasteiger partial charge is 0.370 e. The second-order valence-corrected chi connectivity index (χ2v) is 7.38. The first-order valence-corrected chi connectivity index (χ1v) is 10.6. The van der Waals surface area contributed by atoms with E-state index in [2.05, 4.69) is 27.6 Å². The number of rotatable bonds is 7. The minimum absolute atomic E-state index is 0. The van der Waals surface area contributed by atoms with Gasteiger partial charge in [-0.1, -0.05) is 19.1 Å². The first-order chi connectivity index (χ1) is 14.6. The maximum absolute atomic E-state index is 12.2. The van der Waals surface area contributed by atoms with Crippen molar-refractivity contribution in [1.82, 2.24) is 25.3 Å². The van der Waals surface area contributed by atoms with Gasteiger partial charge in [0.15, 0.2) is 5.96 Å². The summed E-state index contributed by atoms with van der Waals surface area (Å²) in [4.78, 5) is 19.3. The highest BCUT2D eigenvalue weighted by molar-refractivity contribution is 14.0. The van der Waals surface area contributed by atoms with Gasteiger partial charge in [0.1, 0.15) is 6.10 Å². The van der Waals surface area contributed by atoms with Crippen molar-refractivity contribution in [3.63, 3.8) is 0 Å². The second-order valence-electron chi connectivity index (χ2n) is 7.38. The number of nitrogens with zero attached hydrogens (tertiary/aromatic N) is 4. The van der Waals surface area contributed by atoms with E-state index >= 15 is 0 Å². The number of ether oxygens (including phenoxy) is 1. The fourth-order valence-corrected chi connectivity index (χ4v) is 3.39. The molecule has 9 heteroatoms. The summed E-state index contributed by atoms with van der Waals surface area (Å²) in [6, 6.07) is 7.66. The number of amides is 1. The highest BCUT2D eigenvalue weighted by Gasteiger charge is 2.25. The molecule has 1 aliphatic rings. The number of aliphatic imine (C=N–C) groups is 1. The Labute approximate surface area is 201 Å². The van der Waals surface area contributed by atoms with Crippen molar-refractivity contribution in [2.75, 3.05) is 32.8 Å². The van der Waals surface area contributed by atoms with Gasteiger partial charge in [0.2, 0.25) is 0 Å². The van der Waals surface area contributed by atoms with Crippen molar-refractivity contribution in [2.45, 2.75) is 32.9 Å². The molecule has 1 aliphatic heterocycles. The van der Waals surface area contributed by atoms with Gasteiger partial charge in [-0.15, -0.1) is 24.0 Å². The van der Waals surface area contributed by atoms with E-state index in [-0.39, 0.29) is 36.0 Å². The van der Waals surface area contributed by atoms with E-state index in [0.717, 1.165) is 43.1 Å². The number of aryl methyl sites for hydroxylation is 1. The van der Waals surface area contributed by atoms with Crippen LogP contribution in [-0.4, -0.2) is 59.3 Å². The van der Waals surface area contributed by atoms with E-state index in [1.54, 1.807) is 4.68 Å². The lowest BCUT2D eigenvalue weighted by atomic mass is 10.1. The second kappa shape index (κ2) is 12.7. The number of carbonyl (C=O) groups excluding carboxylic acids is 1. The van der Waals surface area contributed by atoms with Gasteiger partial charge in [-0.3, -0.25) is 9.48 Å². The number of aromatic nitrogens is 2. The normalized spacial score (nSPS) is 16.5. The lowest BCUT2D eigenvalue weighted by Gasteiger charge is -2.34. The van der Waals surface area contributed by atoms with Crippen LogP contribution in [0.25, 0.3) is 0 Å². The molecule has 0 saturated carbocycles. The third-order valence-corrected chi connectivity index (χ3v) is 4.93. The quantitative estimate of drug-likeness (QED) is 0.321. The van der Waals surface area contributed by atoms with Gasteiger partial charge in [0.05, 0.1) is 25.9 Å². The molecule has 1 fully saturated rings. The molecule has 0 spiro atoms. The van der Waals surface area contributed by atoms with Crippen LogP contribution in [0.1, 0.15) is 47.9 Å². The van der Waals surface area contributed by atoms with E-state index in [4.69, 9.17) is 9.73 Å². The average molecular weight is 540 g/mol. The standard InChI is InChI=1S/C22H32N6O2.HI/c1-4-9-24-21(29)18-8-6-7-17(12-18)13-25-22(23-5-2)28-10-11-30-20(16-28)19-14-26-27(3)15-19;/h6-8,12,14-15,20H,4-5,9-11,13,16H2,1-3H3,(H,23,25)(H,24,29);1H. The van der Waals surface area contributed by atoms with Crippen LogP contribution in [-0.2, 0) is 18.3 Å². The van der Waals surface area contributed by atoms with Gasteiger partial charge in [-0.2, -0.15) is 5.10 Å². The molecule has 3 rings (SSSR count). The number of guanidine groups is 1. The number of morpholine rings is 1. The summed E-state index contributed by atoms with van der Waals surface area (Å²) in [7, 11) is 1.91. The Hall–Kier alpha value is -2.14. The molecule has 8 nitrogen and oxygen atoms in total. The van der Waals surface area contributed by atoms with Gasteiger partial charge in [-0.25, -0.2) is 4.99 Å². The Bertz CT molecular complexity index is 869. The summed E-state index contributed by atoms with van der Waals surface area (Å²) < 4.78 is 7.74. The van der Waals surface area contributed by atoms with Crippen LogP contribution in [0.15, 0.2) is 41.7 Å². The number of nitrogens with one attached hydrogen (secondary N) is 2. The molecule has 31 heavy (non-hydrogen) atoms. The SMILES string of the molecule is CCCNC(=O)c1cccc(CN=C(NCC)N2CCOC(c3cnn(C)c3)C2)c1.I. The van der Waals surface area contributed by atoms with Crippen molar-refractivity contribution in [3.8, 4) is 0 Å². The van der Waals surface area contributed by atoms with Crippen LogP contribution in [0.4, 0.5) is 0 Å². The van der Waals surface area contributed by atoms with E-state index in [1.807, 2.05) is 50.6 Å². The highest BCUT2D eigenvalue weighted by Crippen LogP contribution is 2.21. The molecule has 2 N–H and O–H groups in total. The summed E-state index contributed by atoms with van der Waals surface area (Å²) in [5.74, 6) is 0.817. The van der Waals surface area contributed by atoms with Crippen molar-refractivity contribution >= 4 is 35.8 Å². The van der Waals surface area contributed by atoms with Crippen molar-refractivity contribution < 1.29 is 9.53 Å². The Kier molecular flexibility index (Phi) is 10.3. The minimum atomic E-state index is -0.0397. The molecular weight excluding hydrogens is 507 g/mol.